The van der Waals surface area contributed by atoms with E-state index in [-0.39, 0.29) is 25.3 Å². The zero-order valence-electron chi connectivity index (χ0n) is 15.8. The number of carbonyl (C=O) groups is 1. The zero-order valence-corrected chi connectivity index (χ0v) is 17.4. The molecule has 0 aliphatic carbocycles. The minimum absolute atomic E-state index is 0.0632. The Hall–Kier alpha value is -2.56. The molecule has 0 bridgehead atoms. The third-order valence-electron chi connectivity index (χ3n) is 4.70. The molecule has 0 atom stereocenters. The summed E-state index contributed by atoms with van der Waals surface area (Å²) in [5, 5.41) is 5.87. The molecule has 0 saturated heterocycles. The molecule has 4 rings (SSSR count). The van der Waals surface area contributed by atoms with Crippen molar-refractivity contribution >= 4 is 27.5 Å². The normalized spacial score (nSPS) is 14.5. The van der Waals surface area contributed by atoms with E-state index in [0.717, 1.165) is 16.7 Å². The Balaban J connectivity index is 1.33. The number of nitrogens with one attached hydrogen (secondary N) is 1. The van der Waals surface area contributed by atoms with E-state index in [1.807, 2.05) is 42.6 Å². The summed E-state index contributed by atoms with van der Waals surface area (Å²) in [6.07, 6.45) is 0.757. The van der Waals surface area contributed by atoms with Gasteiger partial charge >= 0.3 is 10.2 Å². The molecule has 0 unspecified atom stereocenters. The first-order valence-electron chi connectivity index (χ1n) is 9.16. The number of carbonyl (C=O) groups excluding carboxylic acids is 1. The van der Waals surface area contributed by atoms with E-state index in [0.29, 0.717) is 18.8 Å². The van der Waals surface area contributed by atoms with Crippen molar-refractivity contribution in [2.75, 3.05) is 6.54 Å². The molecule has 0 radical (unpaired) electrons. The second-order valence-corrected chi connectivity index (χ2v) is 9.53. The lowest BCUT2D eigenvalue weighted by Gasteiger charge is -2.26. The number of hydrogen-bond donors (Lipinski definition) is 1. The molecule has 3 aromatic rings. The van der Waals surface area contributed by atoms with Gasteiger partial charge < -0.3 is 4.52 Å². The van der Waals surface area contributed by atoms with E-state index in [1.165, 1.54) is 9.18 Å². The molecular formula is C19H20N4O4S2. The highest BCUT2D eigenvalue weighted by Gasteiger charge is 2.28. The van der Waals surface area contributed by atoms with Crippen LogP contribution in [0.25, 0.3) is 11.4 Å². The molecular weight excluding hydrogens is 412 g/mol. The summed E-state index contributed by atoms with van der Waals surface area (Å²) < 4.78 is 33.6. The first kappa shape index (κ1) is 19.7. The molecule has 2 aromatic heterocycles. The molecule has 8 nitrogen and oxygen atoms in total. The Morgan fingerprint density at radius 1 is 1.28 bits per heavy atom. The highest BCUT2D eigenvalue weighted by atomic mass is 32.2. The van der Waals surface area contributed by atoms with Crippen LogP contribution in [0.4, 0.5) is 0 Å². The molecule has 1 aromatic carbocycles. The molecule has 0 fully saturated rings. The Labute approximate surface area is 172 Å². The van der Waals surface area contributed by atoms with Gasteiger partial charge in [0, 0.05) is 36.4 Å². The van der Waals surface area contributed by atoms with Crippen molar-refractivity contribution in [1.82, 2.24) is 19.2 Å². The number of rotatable bonds is 6. The summed E-state index contributed by atoms with van der Waals surface area (Å²) in [7, 11) is -3.88. The molecule has 3 heterocycles. The SMILES string of the molecule is Cc1ccc(-c2noc(CCC(=O)NS(=O)(=O)N3CCc4sccc4C3)n2)cc1. The van der Waals surface area contributed by atoms with Crippen molar-refractivity contribution in [3.05, 3.63) is 57.6 Å². The van der Waals surface area contributed by atoms with Gasteiger partial charge in [-0.1, -0.05) is 35.0 Å². The summed E-state index contributed by atoms with van der Waals surface area (Å²) in [6.45, 7) is 2.63. The molecule has 152 valence electrons. The van der Waals surface area contributed by atoms with Gasteiger partial charge in [0.05, 0.1) is 0 Å². The number of aromatic nitrogens is 2. The molecule has 1 N–H and O–H groups in total. The van der Waals surface area contributed by atoms with Crippen LogP contribution in [-0.4, -0.2) is 35.3 Å². The lowest BCUT2D eigenvalue weighted by Crippen LogP contribution is -2.45. The average molecular weight is 433 g/mol. The van der Waals surface area contributed by atoms with Crippen LogP contribution >= 0.6 is 11.3 Å². The number of nitrogens with zero attached hydrogens (tertiary/aromatic N) is 3. The smallest absolute Gasteiger partial charge is 0.304 e. The van der Waals surface area contributed by atoms with Crippen LogP contribution in [0.3, 0.4) is 0 Å². The third kappa shape index (κ3) is 4.55. The van der Waals surface area contributed by atoms with Gasteiger partial charge in [-0.05, 0) is 30.4 Å². The van der Waals surface area contributed by atoms with Gasteiger partial charge in [0.25, 0.3) is 0 Å². The average Bonchev–Trinajstić information content (AvgIpc) is 3.35. The molecule has 1 aliphatic rings. The van der Waals surface area contributed by atoms with E-state index in [9.17, 15) is 13.2 Å². The summed E-state index contributed by atoms with van der Waals surface area (Å²) in [6, 6.07) is 9.60. The molecule has 1 amide bonds. The van der Waals surface area contributed by atoms with Crippen LogP contribution < -0.4 is 4.72 Å². The minimum Gasteiger partial charge on any atom is -0.339 e. The van der Waals surface area contributed by atoms with E-state index in [4.69, 9.17) is 4.52 Å². The quantitative estimate of drug-likeness (QED) is 0.641. The zero-order chi connectivity index (χ0) is 20.4. The van der Waals surface area contributed by atoms with Gasteiger partial charge in [-0.2, -0.15) is 17.7 Å². The number of fused-ring (bicyclic) bond motifs is 1. The van der Waals surface area contributed by atoms with Crippen LogP contribution in [0, 0.1) is 6.92 Å². The lowest BCUT2D eigenvalue weighted by atomic mass is 10.1. The number of thiophene rings is 1. The maximum Gasteiger partial charge on any atom is 0.304 e. The predicted octanol–water partition coefficient (Wildman–Crippen LogP) is 2.46. The summed E-state index contributed by atoms with van der Waals surface area (Å²) >= 11 is 1.63. The molecule has 0 saturated carbocycles. The number of hydrogen-bond acceptors (Lipinski definition) is 7. The van der Waals surface area contributed by atoms with Crippen molar-refractivity contribution in [3.8, 4) is 11.4 Å². The van der Waals surface area contributed by atoms with E-state index in [2.05, 4.69) is 14.9 Å². The van der Waals surface area contributed by atoms with Crippen molar-refractivity contribution in [2.24, 2.45) is 0 Å². The second kappa shape index (κ2) is 8.05. The van der Waals surface area contributed by atoms with Crippen LogP contribution in [0.15, 0.2) is 40.2 Å². The molecule has 10 heteroatoms. The van der Waals surface area contributed by atoms with Crippen LogP contribution in [0.1, 0.15) is 28.3 Å². The lowest BCUT2D eigenvalue weighted by molar-refractivity contribution is -0.119. The van der Waals surface area contributed by atoms with Gasteiger partial charge in [-0.3, -0.25) is 4.79 Å². The van der Waals surface area contributed by atoms with Crippen molar-refractivity contribution in [1.29, 1.82) is 0 Å². The standard InChI is InChI=1S/C19H20N4O4S2/c1-13-2-4-14(5-3-13)19-20-18(27-21-19)7-6-17(24)22-29(25,26)23-10-8-16-15(12-23)9-11-28-16/h2-5,9,11H,6-8,10,12H2,1H3,(H,22,24). The molecule has 0 spiro atoms. The highest BCUT2D eigenvalue weighted by Crippen LogP contribution is 2.25. The summed E-state index contributed by atoms with van der Waals surface area (Å²) in [4.78, 5) is 17.6. The van der Waals surface area contributed by atoms with Crippen LogP contribution in [0.5, 0.6) is 0 Å². The van der Waals surface area contributed by atoms with E-state index >= 15 is 0 Å². The van der Waals surface area contributed by atoms with Crippen LogP contribution in [-0.2, 0) is 34.4 Å². The molecule has 29 heavy (non-hydrogen) atoms. The Morgan fingerprint density at radius 2 is 2.07 bits per heavy atom. The fraction of sp³-hybridized carbons (Fsp3) is 0.316. The Bertz CT molecular complexity index is 1120. The predicted molar refractivity (Wildman–Crippen MR) is 108 cm³/mol. The number of benzene rings is 1. The van der Waals surface area contributed by atoms with Gasteiger partial charge in [0.1, 0.15) is 0 Å². The third-order valence-corrected chi connectivity index (χ3v) is 7.20. The van der Waals surface area contributed by atoms with Crippen molar-refractivity contribution in [2.45, 2.75) is 32.7 Å². The monoisotopic (exact) mass is 432 g/mol. The highest BCUT2D eigenvalue weighted by molar-refractivity contribution is 7.87. The minimum atomic E-state index is -3.88. The maximum atomic E-state index is 12.5. The first-order chi connectivity index (χ1) is 13.9. The van der Waals surface area contributed by atoms with Gasteiger partial charge in [0.15, 0.2) is 0 Å². The van der Waals surface area contributed by atoms with Gasteiger partial charge in [-0.25, -0.2) is 4.72 Å². The Morgan fingerprint density at radius 3 is 2.86 bits per heavy atom. The fourth-order valence-electron chi connectivity index (χ4n) is 3.08. The van der Waals surface area contributed by atoms with Crippen LogP contribution in [0.2, 0.25) is 0 Å². The number of aryl methyl sites for hydroxylation is 2. The van der Waals surface area contributed by atoms with E-state index < -0.39 is 16.1 Å². The Kier molecular flexibility index (Phi) is 5.48. The van der Waals surface area contributed by atoms with Crippen molar-refractivity contribution < 1.29 is 17.7 Å². The molecule has 1 aliphatic heterocycles. The topological polar surface area (TPSA) is 105 Å². The largest absolute Gasteiger partial charge is 0.339 e. The van der Waals surface area contributed by atoms with Gasteiger partial charge in [-0.15, -0.1) is 11.3 Å². The van der Waals surface area contributed by atoms with E-state index in [1.54, 1.807) is 11.3 Å². The second-order valence-electron chi connectivity index (χ2n) is 6.86. The summed E-state index contributed by atoms with van der Waals surface area (Å²) in [5.41, 5.74) is 2.93. The maximum absolute atomic E-state index is 12.5. The van der Waals surface area contributed by atoms with Crippen molar-refractivity contribution in [3.63, 3.8) is 0 Å². The fourth-order valence-corrected chi connectivity index (χ4v) is 5.13. The van der Waals surface area contributed by atoms with Gasteiger partial charge in [0.2, 0.25) is 17.6 Å². The number of amides is 1. The first-order valence-corrected chi connectivity index (χ1v) is 11.5. The summed E-state index contributed by atoms with van der Waals surface area (Å²) in [5.74, 6) is 0.123.